The molecule has 0 unspecified atom stereocenters. The fourth-order valence-corrected chi connectivity index (χ4v) is 11.4. The normalized spacial score (nSPS) is 13.3. The first-order valence-electron chi connectivity index (χ1n) is 22.3. The molecule has 0 heterocycles. The molecule has 0 aliphatic heterocycles. The zero-order chi connectivity index (χ0) is 41.4. The molecule has 0 saturated heterocycles. The summed E-state index contributed by atoms with van der Waals surface area (Å²) in [4.78, 5) is 0. The monoisotopic (exact) mass is 862 g/mol. The molecular formula is C60H62O2Ti. The van der Waals surface area contributed by atoms with Crippen LogP contribution in [0.5, 0.6) is 11.5 Å². The van der Waals surface area contributed by atoms with E-state index >= 15 is 0 Å². The minimum atomic E-state index is 0. The number of rotatable bonds is 10. The van der Waals surface area contributed by atoms with Crippen molar-refractivity contribution in [2.45, 2.75) is 89.9 Å². The molecule has 2 aliphatic carbocycles. The molecule has 0 spiro atoms. The largest absolute Gasteiger partial charge is 2.00 e. The van der Waals surface area contributed by atoms with Gasteiger partial charge >= 0.3 is 21.7 Å². The molecule has 2 nitrogen and oxygen atoms in total. The zero-order valence-electron chi connectivity index (χ0n) is 38.1. The van der Waals surface area contributed by atoms with Crippen LogP contribution in [-0.4, -0.2) is 10.2 Å². The number of fused-ring (bicyclic) bond motifs is 8. The van der Waals surface area contributed by atoms with Crippen molar-refractivity contribution in [3.63, 3.8) is 0 Å². The molecule has 0 aromatic heterocycles. The van der Waals surface area contributed by atoms with Crippen molar-refractivity contribution in [1.29, 1.82) is 0 Å². The average molecular weight is 863 g/mol. The van der Waals surface area contributed by atoms with E-state index in [1.54, 1.807) is 0 Å². The Bertz CT molecular complexity index is 2660. The van der Waals surface area contributed by atoms with E-state index in [2.05, 4.69) is 149 Å². The van der Waals surface area contributed by atoms with Gasteiger partial charge < -0.3 is 25.1 Å². The van der Waals surface area contributed by atoms with E-state index in [4.69, 9.17) is 0 Å². The van der Waals surface area contributed by atoms with E-state index in [0.717, 1.165) is 95.2 Å². The fraction of sp³-hybridized carbons (Fsp3) is 0.233. The topological polar surface area (TPSA) is 40.5 Å². The molecule has 0 fully saturated rings. The molecule has 8 aromatic carbocycles. The van der Waals surface area contributed by atoms with Crippen molar-refractivity contribution in [3.8, 4) is 56.0 Å². The Morgan fingerprint density at radius 1 is 0.365 bits per heavy atom. The Hall–Kier alpha value is -5.41. The molecule has 10 rings (SSSR count). The van der Waals surface area contributed by atoms with Gasteiger partial charge in [-0.3, -0.25) is 0 Å². The Kier molecular flexibility index (Phi) is 14.6. The molecule has 63 heavy (non-hydrogen) atoms. The third-order valence-electron chi connectivity index (χ3n) is 13.6. The van der Waals surface area contributed by atoms with Gasteiger partial charge in [0.15, 0.2) is 0 Å². The van der Waals surface area contributed by atoms with Gasteiger partial charge in [0.1, 0.15) is 11.5 Å². The van der Waals surface area contributed by atoms with E-state index in [9.17, 15) is 10.2 Å². The van der Waals surface area contributed by atoms with E-state index in [0.29, 0.717) is 11.5 Å². The molecule has 8 aromatic rings. The first-order chi connectivity index (χ1) is 29.4. The van der Waals surface area contributed by atoms with Crippen molar-refractivity contribution in [2.75, 3.05) is 0 Å². The van der Waals surface area contributed by atoms with Crippen LogP contribution in [0.3, 0.4) is 0 Å². The van der Waals surface area contributed by atoms with Gasteiger partial charge in [-0.1, -0.05) is 187 Å². The van der Waals surface area contributed by atoms with Crippen molar-refractivity contribution < 1.29 is 31.9 Å². The van der Waals surface area contributed by atoms with Crippen molar-refractivity contribution in [3.05, 3.63) is 195 Å². The summed E-state index contributed by atoms with van der Waals surface area (Å²) < 4.78 is 0. The van der Waals surface area contributed by atoms with Gasteiger partial charge in [0.2, 0.25) is 0 Å². The summed E-state index contributed by atoms with van der Waals surface area (Å²) in [5.41, 5.74) is 15.5. The maximum atomic E-state index is 10.8. The number of phenols is 2. The number of benzene rings is 8. The third-order valence-corrected chi connectivity index (χ3v) is 13.6. The predicted molar refractivity (Wildman–Crippen MR) is 267 cm³/mol. The summed E-state index contributed by atoms with van der Waals surface area (Å²) in [6.07, 6.45) is 9.20. The van der Waals surface area contributed by atoms with Crippen molar-refractivity contribution in [1.82, 2.24) is 0 Å². The van der Waals surface area contributed by atoms with Gasteiger partial charge in [-0.25, -0.2) is 0 Å². The van der Waals surface area contributed by atoms with Crippen molar-refractivity contribution in [2.24, 2.45) is 0 Å². The van der Waals surface area contributed by atoms with Crippen LogP contribution >= 0.6 is 0 Å². The summed E-state index contributed by atoms with van der Waals surface area (Å²) in [5.74, 6) is 0.696. The molecule has 0 atom stereocenters. The van der Waals surface area contributed by atoms with Gasteiger partial charge in [0.25, 0.3) is 0 Å². The van der Waals surface area contributed by atoms with Crippen LogP contribution in [-0.2, 0) is 32.5 Å². The fourth-order valence-electron chi connectivity index (χ4n) is 11.4. The maximum absolute atomic E-state index is 10.8. The van der Waals surface area contributed by atoms with E-state index in [1.807, 2.05) is 36.4 Å². The van der Waals surface area contributed by atoms with Crippen LogP contribution in [0.2, 0.25) is 0 Å². The number of hydrogen-bond acceptors (Lipinski definition) is 2. The summed E-state index contributed by atoms with van der Waals surface area (Å²) in [6.45, 7) is 9.16. The Labute approximate surface area is 392 Å². The van der Waals surface area contributed by atoms with Crippen LogP contribution in [0, 0.1) is 14.9 Å². The molecule has 0 saturated carbocycles. The van der Waals surface area contributed by atoms with Crippen LogP contribution in [0.25, 0.3) is 66.1 Å². The SMILES string of the molecule is CCCC1(CCC)c2ccccc2-c2ccc(-c3c(O)ccc4ccccc34)cc21.CCCC1(CCC)c2ccccc2-c2ccc(-c3c(O)ccc4ccccc34)cc21.[CH3-].[CH3-].[Ti+2]. The second kappa shape index (κ2) is 19.5. The molecule has 0 radical (unpaired) electrons. The minimum Gasteiger partial charge on any atom is -0.507 e. The molecule has 2 aliphatic rings. The third kappa shape index (κ3) is 7.85. The van der Waals surface area contributed by atoms with Gasteiger partial charge in [-0.05, 0) is 127 Å². The molecule has 3 heteroatoms. The van der Waals surface area contributed by atoms with Crippen LogP contribution in [0.15, 0.2) is 158 Å². The van der Waals surface area contributed by atoms with Gasteiger partial charge in [-0.15, -0.1) is 0 Å². The number of hydrogen-bond donors (Lipinski definition) is 2. The predicted octanol–water partition coefficient (Wildman–Crippen LogP) is 17.1. The van der Waals surface area contributed by atoms with E-state index in [1.165, 1.54) is 44.5 Å². The van der Waals surface area contributed by atoms with Gasteiger partial charge in [-0.2, -0.15) is 0 Å². The van der Waals surface area contributed by atoms with Crippen molar-refractivity contribution >= 4 is 21.5 Å². The van der Waals surface area contributed by atoms with E-state index in [-0.39, 0.29) is 47.4 Å². The van der Waals surface area contributed by atoms with Crippen LogP contribution in [0.4, 0.5) is 0 Å². The maximum Gasteiger partial charge on any atom is 2.00 e. The van der Waals surface area contributed by atoms with Gasteiger partial charge in [0.05, 0.1) is 0 Å². The van der Waals surface area contributed by atoms with Crippen LogP contribution < -0.4 is 0 Å². The standard InChI is InChI=1S/2C29H28O.2CH3.Ti/c2*1-3-17-29(18-4-2)25-12-8-7-11-23(25)24-15-13-21(19-26(24)29)28-22-10-6-5-9-20(22)14-16-27(28)30;;;/h2*5-16,19,30H,3-4,17-18H2,1-2H3;2*1H3;/q;;2*-1;+2. The molecule has 318 valence electrons. The molecular weight excluding hydrogens is 801 g/mol. The van der Waals surface area contributed by atoms with Gasteiger partial charge in [0, 0.05) is 22.0 Å². The smallest absolute Gasteiger partial charge is 0.507 e. The Morgan fingerprint density at radius 3 is 1.08 bits per heavy atom. The quantitative estimate of drug-likeness (QED) is 0.106. The van der Waals surface area contributed by atoms with Crippen LogP contribution in [0.1, 0.15) is 101 Å². The second-order valence-corrected chi connectivity index (χ2v) is 17.1. The van der Waals surface area contributed by atoms with E-state index < -0.39 is 0 Å². The number of phenolic OH excluding ortho intramolecular Hbond substituents is 2. The molecule has 2 N–H and O–H groups in total. The average Bonchev–Trinajstić information content (AvgIpc) is 3.70. The minimum absolute atomic E-state index is 0. The molecule has 0 bridgehead atoms. The first-order valence-corrected chi connectivity index (χ1v) is 22.3. The summed E-state index contributed by atoms with van der Waals surface area (Å²) in [5, 5.41) is 26.2. The molecule has 0 amide bonds. The zero-order valence-corrected chi connectivity index (χ0v) is 39.6. The number of aromatic hydroxyl groups is 2. The summed E-state index contributed by atoms with van der Waals surface area (Å²) in [6, 6.07) is 55.8. The second-order valence-electron chi connectivity index (χ2n) is 17.1. The Balaban J connectivity index is 0.000000200. The summed E-state index contributed by atoms with van der Waals surface area (Å²) in [7, 11) is 0. The first kappa shape index (κ1) is 47.1. The Morgan fingerprint density at radius 2 is 0.698 bits per heavy atom. The summed E-state index contributed by atoms with van der Waals surface area (Å²) >= 11 is 0.